The van der Waals surface area contributed by atoms with Gasteiger partial charge in [-0.2, -0.15) is 0 Å². The van der Waals surface area contributed by atoms with Crippen LogP contribution in [0.15, 0.2) is 72.8 Å². The minimum Gasteiger partial charge on any atom is -0.384 e. The minimum atomic E-state index is -1.61. The van der Waals surface area contributed by atoms with Crippen molar-refractivity contribution in [1.29, 1.82) is 0 Å². The number of rotatable bonds is 0. The van der Waals surface area contributed by atoms with Crippen LogP contribution in [-0.4, -0.2) is 16.0 Å². The van der Waals surface area contributed by atoms with E-state index < -0.39 is 18.0 Å². The molecule has 0 unspecified atom stereocenters. The van der Waals surface area contributed by atoms with Crippen molar-refractivity contribution in [1.82, 2.24) is 0 Å². The second kappa shape index (κ2) is 5.26. The van der Waals surface area contributed by atoms with E-state index in [1.165, 1.54) is 0 Å². The quantitative estimate of drug-likeness (QED) is 0.490. The number of ketones is 1. The van der Waals surface area contributed by atoms with Crippen LogP contribution in [0.1, 0.15) is 39.4 Å². The Morgan fingerprint density at radius 3 is 1.93 bits per heavy atom. The van der Waals surface area contributed by atoms with Gasteiger partial charge >= 0.3 is 0 Å². The van der Waals surface area contributed by atoms with Gasteiger partial charge in [-0.3, -0.25) is 4.79 Å². The number of carbonyl (C=O) groups excluding carboxylic acids is 1. The minimum absolute atomic E-state index is 0.311. The Morgan fingerprint density at radius 1 is 0.750 bits per heavy atom. The topological polar surface area (TPSA) is 66.8 Å². The van der Waals surface area contributed by atoms with Crippen LogP contribution in [0.4, 0.5) is 0 Å². The molecule has 1 aliphatic heterocycles. The molecule has 1 spiro atoms. The molecular formula is C24H16O4. The van der Waals surface area contributed by atoms with E-state index in [1.54, 1.807) is 6.07 Å². The third-order valence-corrected chi connectivity index (χ3v) is 6.06. The Morgan fingerprint density at radius 2 is 1.29 bits per heavy atom. The lowest BCUT2D eigenvalue weighted by Gasteiger charge is -2.27. The second-order valence-electron chi connectivity index (χ2n) is 7.51. The summed E-state index contributed by atoms with van der Waals surface area (Å²) in [5.74, 6) is -0.311. The molecule has 2 aliphatic rings. The Kier molecular flexibility index (Phi) is 3.00. The molecule has 4 aromatic rings. The molecule has 4 heteroatoms. The SMILES string of the molecule is O=C1c2cc3ccccc3cc2[C@@H](O)[C@@]12O[C@H](O)c1cc3ccccc3cc12. The average Bonchev–Trinajstić information content (AvgIpc) is 3.12. The molecule has 0 saturated heterocycles. The van der Waals surface area contributed by atoms with E-state index >= 15 is 0 Å². The number of hydrogen-bond acceptors (Lipinski definition) is 4. The van der Waals surface area contributed by atoms with Crippen LogP contribution >= 0.6 is 0 Å². The highest BCUT2D eigenvalue weighted by Gasteiger charge is 2.60. The molecule has 6 rings (SSSR count). The summed E-state index contributed by atoms with van der Waals surface area (Å²) < 4.78 is 5.84. The Hall–Kier alpha value is -3.05. The van der Waals surface area contributed by atoms with Crippen molar-refractivity contribution in [3.05, 3.63) is 95.1 Å². The monoisotopic (exact) mass is 368 g/mol. The number of benzene rings is 4. The van der Waals surface area contributed by atoms with Crippen LogP contribution in [0, 0.1) is 0 Å². The van der Waals surface area contributed by atoms with E-state index in [-0.39, 0.29) is 5.78 Å². The number of ether oxygens (including phenoxy) is 1. The van der Waals surface area contributed by atoms with Crippen LogP contribution in [0.2, 0.25) is 0 Å². The highest BCUT2D eigenvalue weighted by atomic mass is 16.6. The summed E-state index contributed by atoms with van der Waals surface area (Å²) in [6.07, 6.45) is -2.45. The Balaban J connectivity index is 1.63. The number of aliphatic hydroxyl groups is 2. The predicted molar refractivity (Wildman–Crippen MR) is 105 cm³/mol. The lowest BCUT2D eigenvalue weighted by Crippen LogP contribution is -2.36. The van der Waals surface area contributed by atoms with Gasteiger partial charge in [0.05, 0.1) is 0 Å². The van der Waals surface area contributed by atoms with Gasteiger partial charge in [0.2, 0.25) is 5.78 Å². The van der Waals surface area contributed by atoms with Gasteiger partial charge in [-0.25, -0.2) is 0 Å². The van der Waals surface area contributed by atoms with E-state index in [9.17, 15) is 15.0 Å². The molecule has 4 aromatic carbocycles. The van der Waals surface area contributed by atoms with Crippen molar-refractivity contribution in [2.75, 3.05) is 0 Å². The molecule has 1 aliphatic carbocycles. The van der Waals surface area contributed by atoms with Crippen molar-refractivity contribution in [2.45, 2.75) is 18.0 Å². The first kappa shape index (κ1) is 16.0. The van der Waals surface area contributed by atoms with Gasteiger partial charge in [0.15, 0.2) is 11.9 Å². The maximum Gasteiger partial charge on any atom is 0.202 e. The van der Waals surface area contributed by atoms with Crippen LogP contribution in [0.25, 0.3) is 21.5 Å². The number of carbonyl (C=O) groups is 1. The summed E-state index contributed by atoms with van der Waals surface area (Å²) in [5, 5.41) is 25.6. The Labute approximate surface area is 160 Å². The normalized spacial score (nSPS) is 25.6. The van der Waals surface area contributed by atoms with Gasteiger partial charge in [0.1, 0.15) is 6.10 Å². The van der Waals surface area contributed by atoms with Gasteiger partial charge in [0.25, 0.3) is 0 Å². The van der Waals surface area contributed by atoms with E-state index in [1.807, 2.05) is 66.7 Å². The summed E-state index contributed by atoms with van der Waals surface area (Å²) in [7, 11) is 0. The van der Waals surface area contributed by atoms with Crippen LogP contribution in [0.5, 0.6) is 0 Å². The number of fused-ring (bicyclic) bond motifs is 5. The second-order valence-corrected chi connectivity index (χ2v) is 7.51. The third kappa shape index (κ3) is 1.82. The first-order valence-corrected chi connectivity index (χ1v) is 9.24. The number of aliphatic hydroxyl groups excluding tert-OH is 2. The van der Waals surface area contributed by atoms with E-state index in [4.69, 9.17) is 4.74 Å². The molecule has 0 bridgehead atoms. The van der Waals surface area contributed by atoms with Crippen LogP contribution < -0.4 is 0 Å². The van der Waals surface area contributed by atoms with Crippen molar-refractivity contribution in [3.8, 4) is 0 Å². The highest BCUT2D eigenvalue weighted by molar-refractivity contribution is 6.11. The lowest BCUT2D eigenvalue weighted by atomic mass is 9.85. The van der Waals surface area contributed by atoms with Crippen LogP contribution in [0.3, 0.4) is 0 Å². The summed E-state index contributed by atoms with van der Waals surface area (Å²) >= 11 is 0. The zero-order valence-electron chi connectivity index (χ0n) is 14.8. The standard InChI is InChI=1S/C24H16O4/c25-21-17-9-13-5-1-2-6-14(13)10-18(17)22(26)24(21)20-12-16-8-4-3-7-15(16)11-19(20)23(27)28-24/h1-12,21,23,25,27H/t21-,23+,24-/m1/s1. The molecule has 1 heterocycles. The molecule has 4 nitrogen and oxygen atoms in total. The Bertz CT molecular complexity index is 1310. The van der Waals surface area contributed by atoms with Crippen molar-refractivity contribution >= 4 is 27.3 Å². The largest absolute Gasteiger partial charge is 0.384 e. The summed E-state index contributed by atoms with van der Waals surface area (Å²) in [5.41, 5.74) is 0.439. The lowest BCUT2D eigenvalue weighted by molar-refractivity contribution is -0.185. The fourth-order valence-electron chi connectivity index (χ4n) is 4.70. The van der Waals surface area contributed by atoms with E-state index in [2.05, 4.69) is 0 Å². The van der Waals surface area contributed by atoms with E-state index in [0.29, 0.717) is 22.3 Å². The summed E-state index contributed by atoms with van der Waals surface area (Å²) in [4.78, 5) is 13.5. The summed E-state index contributed by atoms with van der Waals surface area (Å²) in [6, 6.07) is 22.8. The molecule has 0 fully saturated rings. The van der Waals surface area contributed by atoms with Gasteiger partial charge in [-0.15, -0.1) is 0 Å². The molecule has 2 N–H and O–H groups in total. The first-order chi connectivity index (χ1) is 13.6. The fraction of sp³-hybridized carbons (Fsp3) is 0.125. The predicted octanol–water partition coefficient (Wildman–Crippen LogP) is 4.14. The van der Waals surface area contributed by atoms with Crippen molar-refractivity contribution in [2.24, 2.45) is 0 Å². The van der Waals surface area contributed by atoms with Crippen molar-refractivity contribution < 1.29 is 19.7 Å². The number of Topliss-reactive ketones (excluding diaryl/α,β-unsaturated/α-hetero) is 1. The first-order valence-electron chi connectivity index (χ1n) is 9.24. The molecular weight excluding hydrogens is 352 g/mol. The van der Waals surface area contributed by atoms with Gasteiger partial charge in [0, 0.05) is 16.7 Å². The maximum absolute atomic E-state index is 13.5. The zero-order chi connectivity index (χ0) is 19.0. The molecule has 0 radical (unpaired) electrons. The zero-order valence-corrected chi connectivity index (χ0v) is 14.8. The van der Waals surface area contributed by atoms with Gasteiger partial charge in [-0.05, 0) is 51.4 Å². The third-order valence-electron chi connectivity index (χ3n) is 6.06. The molecule has 0 aromatic heterocycles. The summed E-state index contributed by atoms with van der Waals surface area (Å²) in [6.45, 7) is 0. The number of hydrogen-bond donors (Lipinski definition) is 2. The smallest absolute Gasteiger partial charge is 0.202 e. The maximum atomic E-state index is 13.5. The molecule has 28 heavy (non-hydrogen) atoms. The molecule has 0 saturated carbocycles. The van der Waals surface area contributed by atoms with Crippen molar-refractivity contribution in [3.63, 3.8) is 0 Å². The highest BCUT2D eigenvalue weighted by Crippen LogP contribution is 2.56. The van der Waals surface area contributed by atoms with Crippen LogP contribution in [-0.2, 0) is 10.3 Å². The molecule has 0 amide bonds. The molecule has 3 atom stereocenters. The van der Waals surface area contributed by atoms with Gasteiger partial charge in [-0.1, -0.05) is 48.5 Å². The average molecular weight is 368 g/mol. The molecule has 136 valence electrons. The fourth-order valence-corrected chi connectivity index (χ4v) is 4.70. The van der Waals surface area contributed by atoms with Gasteiger partial charge < -0.3 is 14.9 Å². The van der Waals surface area contributed by atoms with E-state index in [0.717, 1.165) is 21.5 Å².